The lowest BCUT2D eigenvalue weighted by atomic mass is 10.2. The molecule has 3 aromatic rings. The van der Waals surface area contributed by atoms with E-state index in [2.05, 4.69) is 12.2 Å². The van der Waals surface area contributed by atoms with E-state index in [1.54, 1.807) is 12.1 Å². The summed E-state index contributed by atoms with van der Waals surface area (Å²) < 4.78 is 11.4. The number of hydrogen-bond acceptors (Lipinski definition) is 3. The van der Waals surface area contributed by atoms with Crippen LogP contribution in [0.2, 0.25) is 5.02 Å². The van der Waals surface area contributed by atoms with Gasteiger partial charge in [0, 0.05) is 16.1 Å². The van der Waals surface area contributed by atoms with Crippen molar-refractivity contribution in [3.8, 4) is 17.1 Å². The van der Waals surface area contributed by atoms with Crippen LogP contribution < -0.4 is 10.1 Å². The first-order chi connectivity index (χ1) is 13.2. The normalized spacial score (nSPS) is 10.6. The molecule has 0 unspecified atom stereocenters. The molecule has 27 heavy (non-hydrogen) atoms. The third-order valence-electron chi connectivity index (χ3n) is 4.10. The molecule has 0 saturated heterocycles. The average molecular weight is 384 g/mol. The first kappa shape index (κ1) is 19.1. The highest BCUT2D eigenvalue weighted by molar-refractivity contribution is 6.30. The Labute approximate surface area is 164 Å². The largest absolute Gasteiger partial charge is 0.494 e. The van der Waals surface area contributed by atoms with Gasteiger partial charge in [0.15, 0.2) is 0 Å². The van der Waals surface area contributed by atoms with E-state index in [1.807, 2.05) is 48.5 Å². The van der Waals surface area contributed by atoms with E-state index < -0.39 is 0 Å². The van der Waals surface area contributed by atoms with Crippen LogP contribution in [0.3, 0.4) is 0 Å². The van der Waals surface area contributed by atoms with E-state index in [0.717, 1.165) is 29.9 Å². The minimum absolute atomic E-state index is 0.153. The van der Waals surface area contributed by atoms with Gasteiger partial charge in [0.1, 0.15) is 17.3 Å². The van der Waals surface area contributed by atoms with E-state index in [1.165, 1.54) is 0 Å². The zero-order chi connectivity index (χ0) is 19.1. The molecule has 1 heterocycles. The Kier molecular flexibility index (Phi) is 6.55. The molecule has 0 atom stereocenters. The Balaban J connectivity index is 1.54. The summed E-state index contributed by atoms with van der Waals surface area (Å²) in [5.74, 6) is 2.05. The highest BCUT2D eigenvalue weighted by Crippen LogP contribution is 2.23. The Bertz CT molecular complexity index is 869. The predicted molar refractivity (Wildman–Crippen MR) is 107 cm³/mol. The number of halogens is 1. The number of hydrogen-bond donors (Lipinski definition) is 1. The van der Waals surface area contributed by atoms with E-state index in [-0.39, 0.29) is 5.91 Å². The van der Waals surface area contributed by atoms with Crippen LogP contribution in [0.25, 0.3) is 11.3 Å². The molecule has 0 spiro atoms. The summed E-state index contributed by atoms with van der Waals surface area (Å²) in [5, 5.41) is 3.55. The zero-order valence-corrected chi connectivity index (χ0v) is 16.0. The van der Waals surface area contributed by atoms with Crippen LogP contribution in [-0.4, -0.2) is 12.5 Å². The van der Waals surface area contributed by atoms with Gasteiger partial charge in [-0.05, 0) is 67.1 Å². The standard InChI is InChI=1S/C22H22ClNO3/c1-2-3-14-26-19-10-6-17(7-11-19)22(25)24-15-20-12-13-21(27-20)16-4-8-18(23)9-5-16/h4-13H,2-3,14-15H2,1H3,(H,24,25). The average Bonchev–Trinajstić information content (AvgIpc) is 3.16. The lowest BCUT2D eigenvalue weighted by Gasteiger charge is -2.07. The second-order valence-corrected chi connectivity index (χ2v) is 6.62. The molecule has 140 valence electrons. The van der Waals surface area contributed by atoms with Crippen molar-refractivity contribution in [2.75, 3.05) is 6.61 Å². The van der Waals surface area contributed by atoms with Crippen molar-refractivity contribution in [3.05, 3.63) is 77.0 Å². The molecule has 1 N–H and O–H groups in total. The number of furan rings is 1. The molecule has 2 aromatic carbocycles. The maximum Gasteiger partial charge on any atom is 0.251 e. The lowest BCUT2D eigenvalue weighted by Crippen LogP contribution is -2.22. The quantitative estimate of drug-likeness (QED) is 0.507. The summed E-state index contributed by atoms with van der Waals surface area (Å²) in [6, 6.07) is 18.3. The van der Waals surface area contributed by atoms with Crippen LogP contribution in [-0.2, 0) is 6.54 Å². The number of carbonyl (C=O) groups is 1. The molecule has 0 aliphatic carbocycles. The number of benzene rings is 2. The van der Waals surface area contributed by atoms with Crippen LogP contribution >= 0.6 is 11.6 Å². The van der Waals surface area contributed by atoms with Crippen LogP contribution in [0.5, 0.6) is 5.75 Å². The first-order valence-corrected chi connectivity index (χ1v) is 9.39. The molecule has 0 aliphatic heterocycles. The number of rotatable bonds is 8. The molecule has 3 rings (SSSR count). The number of nitrogens with one attached hydrogen (secondary N) is 1. The molecule has 1 aromatic heterocycles. The van der Waals surface area contributed by atoms with E-state index in [0.29, 0.717) is 29.5 Å². The van der Waals surface area contributed by atoms with Gasteiger partial charge in [0.05, 0.1) is 13.2 Å². The Morgan fingerprint density at radius 2 is 1.78 bits per heavy atom. The van der Waals surface area contributed by atoms with Gasteiger partial charge in [-0.3, -0.25) is 4.79 Å². The van der Waals surface area contributed by atoms with E-state index in [9.17, 15) is 4.79 Å². The summed E-state index contributed by atoms with van der Waals surface area (Å²) in [6.45, 7) is 3.13. The Morgan fingerprint density at radius 3 is 2.48 bits per heavy atom. The highest BCUT2D eigenvalue weighted by Gasteiger charge is 2.09. The van der Waals surface area contributed by atoms with Gasteiger partial charge in [0.25, 0.3) is 5.91 Å². The van der Waals surface area contributed by atoms with Crippen molar-refractivity contribution in [2.45, 2.75) is 26.3 Å². The molecule has 0 fully saturated rings. The maximum absolute atomic E-state index is 12.3. The second-order valence-electron chi connectivity index (χ2n) is 6.18. The zero-order valence-electron chi connectivity index (χ0n) is 15.2. The SMILES string of the molecule is CCCCOc1ccc(C(=O)NCc2ccc(-c3ccc(Cl)cc3)o2)cc1. The van der Waals surface area contributed by atoms with Crippen molar-refractivity contribution in [3.63, 3.8) is 0 Å². The highest BCUT2D eigenvalue weighted by atomic mass is 35.5. The van der Waals surface area contributed by atoms with Crippen LogP contribution in [0.1, 0.15) is 35.9 Å². The van der Waals surface area contributed by atoms with Gasteiger partial charge in [-0.2, -0.15) is 0 Å². The van der Waals surface area contributed by atoms with Crippen molar-refractivity contribution >= 4 is 17.5 Å². The molecule has 4 nitrogen and oxygen atoms in total. The van der Waals surface area contributed by atoms with Crippen LogP contribution in [0, 0.1) is 0 Å². The van der Waals surface area contributed by atoms with Gasteiger partial charge in [0.2, 0.25) is 0 Å². The van der Waals surface area contributed by atoms with Crippen molar-refractivity contribution < 1.29 is 13.9 Å². The topological polar surface area (TPSA) is 51.5 Å². The van der Waals surface area contributed by atoms with E-state index >= 15 is 0 Å². The van der Waals surface area contributed by atoms with Crippen molar-refractivity contribution in [2.24, 2.45) is 0 Å². The number of amides is 1. The number of unbranched alkanes of at least 4 members (excludes halogenated alkanes) is 1. The fourth-order valence-corrected chi connectivity index (χ4v) is 2.67. The van der Waals surface area contributed by atoms with Crippen molar-refractivity contribution in [1.29, 1.82) is 0 Å². The smallest absolute Gasteiger partial charge is 0.251 e. The minimum atomic E-state index is -0.153. The number of ether oxygens (including phenoxy) is 1. The summed E-state index contributed by atoms with van der Waals surface area (Å²) >= 11 is 5.90. The van der Waals surface area contributed by atoms with Gasteiger partial charge in [-0.15, -0.1) is 0 Å². The van der Waals surface area contributed by atoms with Gasteiger partial charge >= 0.3 is 0 Å². The fraction of sp³-hybridized carbons (Fsp3) is 0.227. The molecule has 0 bridgehead atoms. The monoisotopic (exact) mass is 383 g/mol. The molecular weight excluding hydrogens is 362 g/mol. The summed E-state index contributed by atoms with van der Waals surface area (Å²) in [5.41, 5.74) is 1.53. The second kappa shape index (κ2) is 9.28. The van der Waals surface area contributed by atoms with Crippen LogP contribution in [0.4, 0.5) is 0 Å². The number of carbonyl (C=O) groups excluding carboxylic acids is 1. The fourth-order valence-electron chi connectivity index (χ4n) is 2.55. The maximum atomic E-state index is 12.3. The summed E-state index contributed by atoms with van der Waals surface area (Å²) in [4.78, 5) is 12.3. The Morgan fingerprint density at radius 1 is 1.04 bits per heavy atom. The third-order valence-corrected chi connectivity index (χ3v) is 4.35. The van der Waals surface area contributed by atoms with Crippen LogP contribution in [0.15, 0.2) is 65.1 Å². The van der Waals surface area contributed by atoms with Gasteiger partial charge < -0.3 is 14.5 Å². The molecule has 1 amide bonds. The summed E-state index contributed by atoms with van der Waals surface area (Å²) in [7, 11) is 0. The summed E-state index contributed by atoms with van der Waals surface area (Å²) in [6.07, 6.45) is 2.11. The van der Waals surface area contributed by atoms with Gasteiger partial charge in [-0.1, -0.05) is 24.9 Å². The Hall–Kier alpha value is -2.72. The molecule has 0 saturated carbocycles. The third kappa shape index (κ3) is 5.38. The predicted octanol–water partition coefficient (Wildman–Crippen LogP) is 5.71. The van der Waals surface area contributed by atoms with E-state index in [4.69, 9.17) is 20.8 Å². The van der Waals surface area contributed by atoms with Crippen molar-refractivity contribution in [1.82, 2.24) is 5.32 Å². The molecule has 0 aliphatic rings. The minimum Gasteiger partial charge on any atom is -0.494 e. The molecule has 0 radical (unpaired) electrons. The first-order valence-electron chi connectivity index (χ1n) is 9.01. The van der Waals surface area contributed by atoms with Gasteiger partial charge in [-0.25, -0.2) is 0 Å². The molecule has 5 heteroatoms. The lowest BCUT2D eigenvalue weighted by molar-refractivity contribution is 0.0948. The molecular formula is C22H22ClNO3.